The third kappa shape index (κ3) is 5.15. The number of carbonyl (C=O) groups excluding carboxylic acids is 1. The summed E-state index contributed by atoms with van der Waals surface area (Å²) in [6, 6.07) is 25.7. The molecule has 0 saturated heterocycles. The Morgan fingerprint density at radius 3 is 2.29 bits per heavy atom. The molecule has 0 aliphatic rings. The molecular weight excluding hydrogens is 422 g/mol. The molecule has 1 unspecified atom stereocenters. The van der Waals surface area contributed by atoms with Gasteiger partial charge in [-0.05, 0) is 41.3 Å². The molecule has 1 atom stereocenters. The van der Waals surface area contributed by atoms with Crippen LogP contribution in [0.2, 0.25) is 0 Å². The van der Waals surface area contributed by atoms with Gasteiger partial charge in [0.05, 0.1) is 23.9 Å². The number of aromatic nitrogens is 1. The maximum atomic E-state index is 13.1. The van der Waals surface area contributed by atoms with Crippen LogP contribution in [-0.4, -0.2) is 24.2 Å². The van der Waals surface area contributed by atoms with Crippen LogP contribution in [-0.2, 0) is 0 Å². The van der Waals surface area contributed by atoms with Crippen molar-refractivity contribution < 1.29 is 9.53 Å². The maximum Gasteiger partial charge on any atom is 0.272 e. The molecule has 0 aliphatic heterocycles. The van der Waals surface area contributed by atoms with Gasteiger partial charge in [-0.25, -0.2) is 10.4 Å². The zero-order valence-corrected chi connectivity index (χ0v) is 19.9. The molecule has 3 aromatic carbocycles. The first-order chi connectivity index (χ1) is 16.5. The summed E-state index contributed by atoms with van der Waals surface area (Å²) in [4.78, 5) is 17.9. The van der Waals surface area contributed by atoms with Crippen molar-refractivity contribution in [3.63, 3.8) is 0 Å². The van der Waals surface area contributed by atoms with Gasteiger partial charge in [-0.2, -0.15) is 5.10 Å². The number of amides is 1. The van der Waals surface area contributed by atoms with Gasteiger partial charge in [0.15, 0.2) is 0 Å². The number of nitrogens with one attached hydrogen (secondary N) is 1. The average molecular weight is 452 g/mol. The van der Waals surface area contributed by atoms with Gasteiger partial charge in [0.1, 0.15) is 5.75 Å². The Balaban J connectivity index is 1.58. The highest BCUT2D eigenvalue weighted by atomic mass is 16.5. The third-order valence-electron chi connectivity index (χ3n) is 5.94. The Morgan fingerprint density at radius 2 is 1.62 bits per heavy atom. The SMILES string of the molecule is COc1ccc(C(C)/C=N/NC(=O)c2cc(-c3ccc(C(C)C)cc3)nc3ccccc23)cc1. The number of ether oxygens (including phenoxy) is 1. The average Bonchev–Trinajstić information content (AvgIpc) is 2.88. The summed E-state index contributed by atoms with van der Waals surface area (Å²) in [6.07, 6.45) is 1.73. The van der Waals surface area contributed by atoms with Crippen molar-refractivity contribution in [3.8, 4) is 17.0 Å². The van der Waals surface area contributed by atoms with Gasteiger partial charge in [-0.3, -0.25) is 4.79 Å². The van der Waals surface area contributed by atoms with E-state index in [0.29, 0.717) is 11.5 Å². The van der Waals surface area contributed by atoms with Crippen LogP contribution < -0.4 is 10.2 Å². The van der Waals surface area contributed by atoms with Gasteiger partial charge in [-0.1, -0.05) is 75.4 Å². The summed E-state index contributed by atoms with van der Waals surface area (Å²) in [6.45, 7) is 6.36. The highest BCUT2D eigenvalue weighted by molar-refractivity contribution is 6.07. The standard InChI is InChI=1S/C29H29N3O2/c1-19(2)21-9-11-23(12-10-21)28-17-26(25-7-5-6-8-27(25)31-28)29(33)32-30-18-20(3)22-13-15-24(34-4)16-14-22/h5-20H,1-4H3,(H,32,33)/b30-18+. The lowest BCUT2D eigenvalue weighted by molar-refractivity contribution is 0.0956. The number of carbonyl (C=O) groups is 1. The maximum absolute atomic E-state index is 13.1. The minimum Gasteiger partial charge on any atom is -0.497 e. The fourth-order valence-corrected chi connectivity index (χ4v) is 3.81. The summed E-state index contributed by atoms with van der Waals surface area (Å²) in [5, 5.41) is 5.02. The van der Waals surface area contributed by atoms with Crippen molar-refractivity contribution in [2.24, 2.45) is 5.10 Å². The van der Waals surface area contributed by atoms with Crippen molar-refractivity contribution in [1.82, 2.24) is 10.4 Å². The van der Waals surface area contributed by atoms with E-state index in [4.69, 9.17) is 9.72 Å². The predicted molar refractivity (Wildman–Crippen MR) is 139 cm³/mol. The number of fused-ring (bicyclic) bond motifs is 1. The van der Waals surface area contributed by atoms with Crippen LogP contribution in [0.5, 0.6) is 5.75 Å². The van der Waals surface area contributed by atoms with Crippen molar-refractivity contribution >= 4 is 23.0 Å². The number of rotatable bonds is 7. The quantitative estimate of drug-likeness (QED) is 0.256. The highest BCUT2D eigenvalue weighted by Crippen LogP contribution is 2.26. The van der Waals surface area contributed by atoms with Gasteiger partial charge in [0.25, 0.3) is 5.91 Å². The number of hydrogen-bond acceptors (Lipinski definition) is 4. The van der Waals surface area contributed by atoms with E-state index in [1.165, 1.54) is 5.56 Å². The summed E-state index contributed by atoms with van der Waals surface area (Å²) >= 11 is 0. The first-order valence-electron chi connectivity index (χ1n) is 11.4. The molecule has 0 saturated carbocycles. The van der Waals surface area contributed by atoms with Crippen LogP contribution in [0.25, 0.3) is 22.2 Å². The minimum absolute atomic E-state index is 0.0374. The van der Waals surface area contributed by atoms with Gasteiger partial charge >= 0.3 is 0 Å². The Labute approximate surface area is 200 Å². The largest absolute Gasteiger partial charge is 0.497 e. The lowest BCUT2D eigenvalue weighted by Gasteiger charge is -2.11. The van der Waals surface area contributed by atoms with E-state index in [1.54, 1.807) is 13.3 Å². The van der Waals surface area contributed by atoms with Crippen molar-refractivity contribution in [2.75, 3.05) is 7.11 Å². The van der Waals surface area contributed by atoms with E-state index in [-0.39, 0.29) is 11.8 Å². The Bertz CT molecular complexity index is 1310. The van der Waals surface area contributed by atoms with Gasteiger partial charge in [-0.15, -0.1) is 0 Å². The highest BCUT2D eigenvalue weighted by Gasteiger charge is 2.14. The Kier molecular flexibility index (Phi) is 7.02. The van der Waals surface area contributed by atoms with E-state index < -0.39 is 0 Å². The number of nitrogens with zero attached hydrogens (tertiary/aromatic N) is 2. The lowest BCUT2D eigenvalue weighted by Crippen LogP contribution is -2.19. The number of methoxy groups -OCH3 is 1. The number of pyridine rings is 1. The normalized spacial score (nSPS) is 12.3. The number of para-hydroxylation sites is 1. The van der Waals surface area contributed by atoms with Gasteiger partial charge < -0.3 is 4.74 Å². The molecular formula is C29H29N3O2. The number of hydrogen-bond donors (Lipinski definition) is 1. The summed E-state index contributed by atoms with van der Waals surface area (Å²) in [5.74, 6) is 1.03. The Morgan fingerprint density at radius 1 is 0.941 bits per heavy atom. The molecule has 1 N–H and O–H groups in total. The summed E-state index contributed by atoms with van der Waals surface area (Å²) < 4.78 is 5.21. The second-order valence-corrected chi connectivity index (χ2v) is 8.63. The zero-order valence-electron chi connectivity index (χ0n) is 19.9. The van der Waals surface area contributed by atoms with Crippen LogP contribution >= 0.6 is 0 Å². The molecule has 1 aromatic heterocycles. The summed E-state index contributed by atoms with van der Waals surface area (Å²) in [5.41, 5.74) is 8.09. The second-order valence-electron chi connectivity index (χ2n) is 8.63. The first-order valence-corrected chi connectivity index (χ1v) is 11.4. The van der Waals surface area contributed by atoms with Crippen LogP contribution in [0.1, 0.15) is 54.1 Å². The molecule has 4 rings (SSSR count). The summed E-state index contributed by atoms with van der Waals surface area (Å²) in [7, 11) is 1.64. The molecule has 0 aliphatic carbocycles. The minimum atomic E-state index is -0.267. The van der Waals surface area contributed by atoms with Crippen LogP contribution in [0.3, 0.4) is 0 Å². The van der Waals surface area contributed by atoms with Crippen molar-refractivity contribution in [2.45, 2.75) is 32.6 Å². The van der Waals surface area contributed by atoms with Gasteiger partial charge in [0, 0.05) is 23.1 Å². The lowest BCUT2D eigenvalue weighted by atomic mass is 9.99. The third-order valence-corrected chi connectivity index (χ3v) is 5.94. The molecule has 5 nitrogen and oxygen atoms in total. The second kappa shape index (κ2) is 10.3. The fourth-order valence-electron chi connectivity index (χ4n) is 3.81. The van der Waals surface area contributed by atoms with Crippen LogP contribution in [0, 0.1) is 0 Å². The molecule has 0 spiro atoms. The molecule has 34 heavy (non-hydrogen) atoms. The predicted octanol–water partition coefficient (Wildman–Crippen LogP) is 6.55. The van der Waals surface area contributed by atoms with Crippen molar-refractivity contribution in [3.05, 3.63) is 95.6 Å². The molecule has 1 heterocycles. The smallest absolute Gasteiger partial charge is 0.272 e. The molecule has 1 amide bonds. The van der Waals surface area contributed by atoms with E-state index in [2.05, 4.69) is 48.6 Å². The number of hydrazone groups is 1. The van der Waals surface area contributed by atoms with E-state index in [0.717, 1.165) is 33.5 Å². The molecule has 172 valence electrons. The van der Waals surface area contributed by atoms with E-state index >= 15 is 0 Å². The molecule has 4 aromatic rings. The number of benzene rings is 3. The van der Waals surface area contributed by atoms with E-state index in [1.807, 2.05) is 61.5 Å². The van der Waals surface area contributed by atoms with Crippen LogP contribution in [0.15, 0.2) is 84.0 Å². The Hall–Kier alpha value is -3.99. The zero-order chi connectivity index (χ0) is 24.1. The van der Waals surface area contributed by atoms with Crippen molar-refractivity contribution in [1.29, 1.82) is 0 Å². The van der Waals surface area contributed by atoms with E-state index in [9.17, 15) is 4.79 Å². The molecule has 0 bridgehead atoms. The molecule has 0 fully saturated rings. The van der Waals surface area contributed by atoms with Crippen LogP contribution in [0.4, 0.5) is 0 Å². The van der Waals surface area contributed by atoms with Gasteiger partial charge in [0.2, 0.25) is 0 Å². The fraction of sp³-hybridized carbons (Fsp3) is 0.207. The first kappa shape index (κ1) is 23.2. The topological polar surface area (TPSA) is 63.6 Å². The monoisotopic (exact) mass is 451 g/mol. The molecule has 0 radical (unpaired) electrons. The molecule has 5 heteroatoms.